The second-order valence-corrected chi connectivity index (χ2v) is 13.1. The van der Waals surface area contributed by atoms with Crippen LogP contribution in [0.25, 0.3) is 0 Å². The lowest BCUT2D eigenvalue weighted by Gasteiger charge is -2.53. The number of amides is 3. The number of hydrogen-bond donors (Lipinski definition) is 0. The molecule has 29 heavy (non-hydrogen) atoms. The van der Waals surface area contributed by atoms with Gasteiger partial charge in [0.25, 0.3) is 0 Å². The number of nitrogens with zero attached hydrogens (tertiary/aromatic N) is 2. The maximum atomic E-state index is 13.0. The van der Waals surface area contributed by atoms with E-state index in [2.05, 4.69) is 19.6 Å². The number of benzene rings is 2. The van der Waals surface area contributed by atoms with Crippen molar-refractivity contribution in [2.45, 2.75) is 38.2 Å². The monoisotopic (exact) mass is 410 g/mol. The van der Waals surface area contributed by atoms with E-state index < -0.39 is 25.9 Å². The summed E-state index contributed by atoms with van der Waals surface area (Å²) >= 11 is 0. The molecule has 0 aliphatic carbocycles. The van der Waals surface area contributed by atoms with Crippen LogP contribution in [0.4, 0.5) is 4.79 Å². The molecule has 0 aromatic heterocycles. The van der Waals surface area contributed by atoms with Crippen LogP contribution in [0.5, 0.6) is 0 Å². The number of likely N-dealkylation sites (N-methyl/N-ethyl adjacent to an activating group) is 1. The molecule has 1 aliphatic rings. The first-order chi connectivity index (χ1) is 13.6. The first-order valence-electron chi connectivity index (χ1n) is 9.95. The zero-order chi connectivity index (χ0) is 21.4. The molecule has 6 heteroatoms. The second kappa shape index (κ2) is 7.76. The topological polar surface area (TPSA) is 49.9 Å². The van der Waals surface area contributed by atoms with E-state index in [0.717, 1.165) is 11.1 Å². The Morgan fingerprint density at radius 3 is 1.72 bits per heavy atom. The minimum Gasteiger partial charge on any atom is -0.402 e. The highest BCUT2D eigenvalue weighted by Crippen LogP contribution is 2.45. The van der Waals surface area contributed by atoms with Crippen LogP contribution in [0, 0.1) is 5.92 Å². The van der Waals surface area contributed by atoms with E-state index in [1.54, 1.807) is 19.0 Å². The van der Waals surface area contributed by atoms with Crippen LogP contribution in [-0.2, 0) is 14.8 Å². The number of rotatable bonds is 5. The molecule has 1 heterocycles. The minimum atomic E-state index is -2.13. The largest absolute Gasteiger partial charge is 0.402 e. The first-order valence-corrected chi connectivity index (χ1v) is 13.4. The lowest BCUT2D eigenvalue weighted by Crippen LogP contribution is -2.67. The van der Waals surface area contributed by atoms with Crippen LogP contribution in [0.2, 0.25) is 19.6 Å². The van der Waals surface area contributed by atoms with Gasteiger partial charge in [0, 0.05) is 14.1 Å². The molecule has 2 aromatic rings. The smallest absolute Gasteiger partial charge is 0.326 e. The third-order valence-corrected chi connectivity index (χ3v) is 6.42. The molecule has 0 N–H and O–H groups in total. The average Bonchev–Trinajstić information content (AvgIpc) is 2.70. The third-order valence-electron chi connectivity index (χ3n) is 5.49. The van der Waals surface area contributed by atoms with Crippen molar-refractivity contribution in [3.8, 4) is 0 Å². The Morgan fingerprint density at radius 2 is 1.31 bits per heavy atom. The average molecular weight is 411 g/mol. The van der Waals surface area contributed by atoms with Gasteiger partial charge in [0.2, 0.25) is 5.91 Å². The second-order valence-electron chi connectivity index (χ2n) is 8.71. The summed E-state index contributed by atoms with van der Waals surface area (Å²) in [4.78, 5) is 28.8. The van der Waals surface area contributed by atoms with Crippen molar-refractivity contribution in [3.05, 3.63) is 71.8 Å². The third kappa shape index (κ3) is 3.74. The fourth-order valence-electron chi connectivity index (χ4n) is 4.39. The summed E-state index contributed by atoms with van der Waals surface area (Å²) in [5.74, 6) is -0.618. The summed E-state index contributed by atoms with van der Waals surface area (Å²) in [6.45, 7) is 8.30. The zero-order valence-corrected chi connectivity index (χ0v) is 19.0. The van der Waals surface area contributed by atoms with Gasteiger partial charge in [0.15, 0.2) is 8.32 Å². The molecule has 0 saturated carbocycles. The molecular weight excluding hydrogens is 380 g/mol. The summed E-state index contributed by atoms with van der Waals surface area (Å²) in [6.07, 6.45) is 0. The Hall–Kier alpha value is -2.44. The normalized spacial score (nSPS) is 20.9. The number of imide groups is 1. The fourth-order valence-corrected chi connectivity index (χ4v) is 5.71. The number of carbonyl (C=O) groups excluding carboxylic acids is 2. The molecular formula is C23H30N2O3Si. The highest BCUT2D eigenvalue weighted by Gasteiger charge is 2.55. The van der Waals surface area contributed by atoms with Crippen LogP contribution >= 0.6 is 0 Å². The molecule has 2 atom stereocenters. The highest BCUT2D eigenvalue weighted by atomic mass is 28.4. The van der Waals surface area contributed by atoms with Crippen LogP contribution < -0.4 is 0 Å². The van der Waals surface area contributed by atoms with E-state index in [1.165, 1.54) is 4.90 Å². The molecule has 0 unspecified atom stereocenters. The minimum absolute atomic E-state index is 0.187. The summed E-state index contributed by atoms with van der Waals surface area (Å²) in [5, 5.41) is 0. The number of urea groups is 1. The SMILES string of the molecule is C[C@@H]1C(=O)N(C)C(=O)N(C)[C@H]1C(O[Si](C)(C)C)(c1ccccc1)c1ccccc1. The van der Waals surface area contributed by atoms with Gasteiger partial charge in [-0.25, -0.2) is 4.79 Å². The summed E-state index contributed by atoms with van der Waals surface area (Å²) in [5.41, 5.74) is 0.943. The van der Waals surface area contributed by atoms with Crippen LogP contribution in [0.15, 0.2) is 60.7 Å². The van der Waals surface area contributed by atoms with E-state index >= 15 is 0 Å². The van der Waals surface area contributed by atoms with Gasteiger partial charge in [-0.2, -0.15) is 0 Å². The van der Waals surface area contributed by atoms with E-state index in [9.17, 15) is 9.59 Å². The number of carbonyl (C=O) groups is 2. The van der Waals surface area contributed by atoms with Gasteiger partial charge in [-0.3, -0.25) is 9.69 Å². The van der Waals surface area contributed by atoms with Gasteiger partial charge in [0.1, 0.15) is 5.60 Å². The maximum absolute atomic E-state index is 13.0. The maximum Gasteiger partial charge on any atom is 0.326 e. The molecule has 154 valence electrons. The van der Waals surface area contributed by atoms with E-state index in [-0.39, 0.29) is 11.9 Å². The Labute approximate surface area is 174 Å². The quantitative estimate of drug-likeness (QED) is 0.690. The fraction of sp³-hybridized carbons (Fsp3) is 0.391. The predicted molar refractivity (Wildman–Crippen MR) is 117 cm³/mol. The number of hydrogen-bond acceptors (Lipinski definition) is 3. The summed E-state index contributed by atoms with van der Waals surface area (Å²) in [7, 11) is 1.18. The van der Waals surface area contributed by atoms with Crippen LogP contribution in [-0.4, -0.2) is 50.2 Å². The molecule has 2 aromatic carbocycles. The predicted octanol–water partition coefficient (Wildman–Crippen LogP) is 4.31. The van der Waals surface area contributed by atoms with E-state index in [4.69, 9.17) is 4.43 Å². The molecule has 0 bridgehead atoms. The van der Waals surface area contributed by atoms with Crippen molar-refractivity contribution in [2.24, 2.45) is 5.92 Å². The van der Waals surface area contributed by atoms with Crippen molar-refractivity contribution in [1.29, 1.82) is 0 Å². The van der Waals surface area contributed by atoms with Crippen molar-refractivity contribution in [3.63, 3.8) is 0 Å². The Balaban J connectivity index is 2.35. The molecule has 1 fully saturated rings. The van der Waals surface area contributed by atoms with Crippen LogP contribution in [0.1, 0.15) is 18.1 Å². The Bertz CT molecular complexity index is 819. The molecule has 3 amide bonds. The van der Waals surface area contributed by atoms with Crippen LogP contribution in [0.3, 0.4) is 0 Å². The zero-order valence-electron chi connectivity index (χ0n) is 18.0. The van der Waals surface area contributed by atoms with Crippen molar-refractivity contribution < 1.29 is 14.0 Å². The van der Waals surface area contributed by atoms with Gasteiger partial charge >= 0.3 is 6.03 Å². The highest BCUT2D eigenvalue weighted by molar-refractivity contribution is 6.69. The van der Waals surface area contributed by atoms with Crippen molar-refractivity contribution in [1.82, 2.24) is 9.80 Å². The van der Waals surface area contributed by atoms with E-state index in [1.807, 2.05) is 67.6 Å². The lowest BCUT2D eigenvalue weighted by molar-refractivity contribution is -0.141. The Kier molecular flexibility index (Phi) is 5.69. The van der Waals surface area contributed by atoms with Crippen molar-refractivity contribution >= 4 is 20.3 Å². The van der Waals surface area contributed by atoms with Gasteiger partial charge < -0.3 is 9.33 Å². The van der Waals surface area contributed by atoms with Gasteiger partial charge in [0.05, 0.1) is 12.0 Å². The Morgan fingerprint density at radius 1 is 0.862 bits per heavy atom. The lowest BCUT2D eigenvalue weighted by atomic mass is 9.73. The summed E-state index contributed by atoms with van der Waals surface area (Å²) in [6, 6.07) is 19.2. The van der Waals surface area contributed by atoms with Gasteiger partial charge in [-0.05, 0) is 30.8 Å². The molecule has 0 radical (unpaired) electrons. The molecule has 1 saturated heterocycles. The molecule has 0 spiro atoms. The van der Waals surface area contributed by atoms with Gasteiger partial charge in [-0.15, -0.1) is 0 Å². The molecule has 1 aliphatic heterocycles. The van der Waals surface area contributed by atoms with Gasteiger partial charge in [-0.1, -0.05) is 67.6 Å². The van der Waals surface area contributed by atoms with E-state index in [0.29, 0.717) is 0 Å². The van der Waals surface area contributed by atoms with Crippen molar-refractivity contribution in [2.75, 3.05) is 14.1 Å². The standard InChI is InChI=1S/C23H30N2O3Si/c1-17-20(24(2)22(27)25(3)21(17)26)23(28-29(4,5)6,18-13-9-7-10-14-18)19-15-11-8-12-16-19/h7-17,20H,1-6H3/t17-,20+/m0/s1. The molecule has 3 rings (SSSR count). The summed E-state index contributed by atoms with van der Waals surface area (Å²) < 4.78 is 6.98. The molecule has 5 nitrogen and oxygen atoms in total. The first kappa shape index (κ1) is 21.3.